The third-order valence-electron chi connectivity index (χ3n) is 1.69. The predicted molar refractivity (Wildman–Crippen MR) is 58.1 cm³/mol. The van der Waals surface area contributed by atoms with Crippen LogP contribution in [0.25, 0.3) is 10.1 Å². The molecule has 0 fully saturated rings. The SMILES string of the molecule is O=S(=O)(Cl)Cc1cc2ccncc2s1. The molecule has 3 nitrogen and oxygen atoms in total. The Balaban J connectivity index is 2.46. The van der Waals surface area contributed by atoms with Crippen LogP contribution in [-0.2, 0) is 14.8 Å². The molecular weight excluding hydrogens is 242 g/mol. The summed E-state index contributed by atoms with van der Waals surface area (Å²) in [5.41, 5.74) is 0. The van der Waals surface area contributed by atoms with Gasteiger partial charge in [-0.15, -0.1) is 11.3 Å². The van der Waals surface area contributed by atoms with Crippen molar-refractivity contribution in [1.29, 1.82) is 0 Å². The van der Waals surface area contributed by atoms with Gasteiger partial charge < -0.3 is 0 Å². The minimum atomic E-state index is -3.46. The molecule has 0 bridgehead atoms. The monoisotopic (exact) mass is 247 g/mol. The van der Waals surface area contributed by atoms with Gasteiger partial charge in [-0.25, -0.2) is 8.42 Å². The van der Waals surface area contributed by atoms with Gasteiger partial charge in [0, 0.05) is 28.0 Å². The van der Waals surface area contributed by atoms with Crippen LogP contribution in [-0.4, -0.2) is 13.4 Å². The number of fused-ring (bicyclic) bond motifs is 1. The van der Waals surface area contributed by atoms with Crippen molar-refractivity contribution in [3.05, 3.63) is 29.4 Å². The first-order valence-electron chi connectivity index (χ1n) is 3.79. The van der Waals surface area contributed by atoms with E-state index in [0.717, 1.165) is 15.0 Å². The molecular formula is C8H6ClNO2S2. The number of rotatable bonds is 2. The number of halogens is 1. The van der Waals surface area contributed by atoms with Gasteiger partial charge in [-0.2, -0.15) is 0 Å². The van der Waals surface area contributed by atoms with E-state index in [1.165, 1.54) is 11.3 Å². The molecule has 0 amide bonds. The lowest BCUT2D eigenvalue weighted by molar-refractivity contribution is 0.609. The molecule has 0 spiro atoms. The van der Waals surface area contributed by atoms with E-state index >= 15 is 0 Å². The van der Waals surface area contributed by atoms with Crippen LogP contribution in [0.4, 0.5) is 0 Å². The van der Waals surface area contributed by atoms with Crippen LogP contribution in [0.2, 0.25) is 0 Å². The highest BCUT2D eigenvalue weighted by Crippen LogP contribution is 2.26. The number of hydrogen-bond donors (Lipinski definition) is 0. The Morgan fingerprint density at radius 3 is 2.93 bits per heavy atom. The van der Waals surface area contributed by atoms with Gasteiger partial charge in [0.25, 0.3) is 0 Å². The van der Waals surface area contributed by atoms with Crippen LogP contribution in [0.5, 0.6) is 0 Å². The molecule has 0 unspecified atom stereocenters. The molecule has 0 atom stereocenters. The van der Waals surface area contributed by atoms with Gasteiger partial charge in [0.1, 0.15) is 0 Å². The molecule has 74 valence electrons. The van der Waals surface area contributed by atoms with Crippen LogP contribution < -0.4 is 0 Å². The molecule has 2 rings (SSSR count). The summed E-state index contributed by atoms with van der Waals surface area (Å²) in [4.78, 5) is 4.69. The average Bonchev–Trinajstić information content (AvgIpc) is 2.42. The third kappa shape index (κ3) is 2.23. The maximum Gasteiger partial charge on any atom is 0.237 e. The number of nitrogens with zero attached hydrogens (tertiary/aromatic N) is 1. The Labute approximate surface area is 89.8 Å². The molecule has 0 aliphatic carbocycles. The first kappa shape index (κ1) is 9.89. The highest BCUT2D eigenvalue weighted by Gasteiger charge is 2.09. The van der Waals surface area contributed by atoms with E-state index in [9.17, 15) is 8.42 Å². The summed E-state index contributed by atoms with van der Waals surface area (Å²) in [6.45, 7) is 0. The lowest BCUT2D eigenvalue weighted by Crippen LogP contribution is -1.91. The van der Waals surface area contributed by atoms with Crippen molar-refractivity contribution >= 4 is 41.2 Å². The summed E-state index contributed by atoms with van der Waals surface area (Å²) < 4.78 is 22.6. The zero-order chi connectivity index (χ0) is 10.2. The summed E-state index contributed by atoms with van der Waals surface area (Å²) in [5.74, 6) is -0.117. The third-order valence-corrected chi connectivity index (χ3v) is 3.94. The van der Waals surface area contributed by atoms with Gasteiger partial charge in [0.2, 0.25) is 9.05 Å². The second-order valence-corrected chi connectivity index (χ2v) is 6.75. The van der Waals surface area contributed by atoms with Gasteiger partial charge in [-0.05, 0) is 17.5 Å². The van der Waals surface area contributed by atoms with Crippen molar-refractivity contribution in [2.45, 2.75) is 5.75 Å². The molecule has 0 aliphatic heterocycles. The molecule has 2 aromatic heterocycles. The normalized spacial score (nSPS) is 12.1. The van der Waals surface area contributed by atoms with Gasteiger partial charge in [-0.1, -0.05) is 0 Å². The van der Waals surface area contributed by atoms with Crippen LogP contribution in [0.3, 0.4) is 0 Å². The summed E-state index contributed by atoms with van der Waals surface area (Å²) in [6.07, 6.45) is 3.39. The van der Waals surface area contributed by atoms with E-state index in [4.69, 9.17) is 10.7 Å². The van der Waals surface area contributed by atoms with Crippen molar-refractivity contribution in [3.63, 3.8) is 0 Å². The molecule has 0 aromatic carbocycles. The molecule has 0 aliphatic rings. The van der Waals surface area contributed by atoms with Crippen LogP contribution in [0, 0.1) is 0 Å². The summed E-state index contributed by atoms with van der Waals surface area (Å²) >= 11 is 1.40. The van der Waals surface area contributed by atoms with E-state index < -0.39 is 9.05 Å². The minimum absolute atomic E-state index is 0.117. The maximum absolute atomic E-state index is 10.8. The highest BCUT2D eigenvalue weighted by molar-refractivity contribution is 8.13. The zero-order valence-corrected chi connectivity index (χ0v) is 9.36. The topological polar surface area (TPSA) is 47.0 Å². The number of pyridine rings is 1. The fourth-order valence-electron chi connectivity index (χ4n) is 1.18. The first-order chi connectivity index (χ1) is 6.54. The van der Waals surface area contributed by atoms with Gasteiger partial charge >= 0.3 is 0 Å². The van der Waals surface area contributed by atoms with Gasteiger partial charge in [0.15, 0.2) is 0 Å². The summed E-state index contributed by atoms with van der Waals surface area (Å²) in [6, 6.07) is 3.66. The Hall–Kier alpha value is -0.650. The first-order valence-corrected chi connectivity index (χ1v) is 7.09. The van der Waals surface area contributed by atoms with Gasteiger partial charge in [0.05, 0.1) is 10.5 Å². The van der Waals surface area contributed by atoms with Crippen molar-refractivity contribution in [2.24, 2.45) is 0 Å². The Kier molecular flexibility index (Phi) is 2.47. The van der Waals surface area contributed by atoms with Gasteiger partial charge in [-0.3, -0.25) is 4.98 Å². The summed E-state index contributed by atoms with van der Waals surface area (Å²) in [7, 11) is 1.70. The van der Waals surface area contributed by atoms with Crippen molar-refractivity contribution in [1.82, 2.24) is 4.98 Å². The number of aromatic nitrogens is 1. The zero-order valence-electron chi connectivity index (χ0n) is 6.97. The fraction of sp³-hybridized carbons (Fsp3) is 0.125. The molecule has 6 heteroatoms. The molecule has 2 aromatic rings. The van der Waals surface area contributed by atoms with Crippen LogP contribution in [0.1, 0.15) is 4.88 Å². The van der Waals surface area contributed by atoms with Crippen molar-refractivity contribution < 1.29 is 8.42 Å². The fourth-order valence-corrected chi connectivity index (χ4v) is 3.68. The average molecular weight is 248 g/mol. The molecule has 0 saturated heterocycles. The highest BCUT2D eigenvalue weighted by atomic mass is 35.7. The molecule has 2 heterocycles. The maximum atomic E-state index is 10.8. The Bertz CT molecular complexity index is 528. The van der Waals surface area contributed by atoms with Crippen LogP contribution in [0.15, 0.2) is 24.5 Å². The molecule has 0 radical (unpaired) electrons. The second kappa shape index (κ2) is 3.49. The largest absolute Gasteiger partial charge is 0.263 e. The van der Waals surface area contributed by atoms with Crippen molar-refractivity contribution in [3.8, 4) is 0 Å². The van der Waals surface area contributed by atoms with Crippen LogP contribution >= 0.6 is 22.0 Å². The Morgan fingerprint density at radius 1 is 1.50 bits per heavy atom. The molecule has 0 N–H and O–H groups in total. The predicted octanol–water partition coefficient (Wildman–Crippen LogP) is 2.36. The van der Waals surface area contributed by atoms with Crippen molar-refractivity contribution in [2.75, 3.05) is 0 Å². The number of thiophene rings is 1. The second-order valence-electron chi connectivity index (χ2n) is 2.81. The molecule has 0 saturated carbocycles. The molecule has 14 heavy (non-hydrogen) atoms. The van der Waals surface area contributed by atoms with E-state index in [-0.39, 0.29) is 5.75 Å². The van der Waals surface area contributed by atoms with E-state index in [1.807, 2.05) is 12.1 Å². The lowest BCUT2D eigenvalue weighted by atomic mass is 10.3. The van der Waals surface area contributed by atoms with E-state index in [0.29, 0.717) is 0 Å². The quantitative estimate of drug-likeness (QED) is 0.766. The lowest BCUT2D eigenvalue weighted by Gasteiger charge is -1.88. The van der Waals surface area contributed by atoms with E-state index in [1.54, 1.807) is 12.4 Å². The Morgan fingerprint density at radius 2 is 2.29 bits per heavy atom. The summed E-state index contributed by atoms with van der Waals surface area (Å²) in [5, 5.41) is 1.00. The minimum Gasteiger partial charge on any atom is -0.263 e. The number of hydrogen-bond acceptors (Lipinski definition) is 4. The standard InChI is InChI=1S/C8H6ClNO2S2/c9-14(11,12)5-7-3-6-1-2-10-4-8(6)13-7/h1-4H,5H2. The van der Waals surface area contributed by atoms with E-state index in [2.05, 4.69) is 4.98 Å². The smallest absolute Gasteiger partial charge is 0.237 e.